The van der Waals surface area contributed by atoms with Crippen LogP contribution in [-0.4, -0.2) is 35.7 Å². The van der Waals surface area contributed by atoms with Crippen molar-refractivity contribution in [3.05, 3.63) is 22.4 Å². The van der Waals surface area contributed by atoms with Crippen molar-refractivity contribution in [3.8, 4) is 0 Å². The molecular weight excluding hydrogens is 206 g/mol. The Balaban J connectivity index is 1.76. The lowest BCUT2D eigenvalue weighted by Gasteiger charge is -2.34. The van der Waals surface area contributed by atoms with Crippen LogP contribution >= 0.6 is 11.3 Å². The monoisotopic (exact) mass is 225 g/mol. The Morgan fingerprint density at radius 1 is 1.60 bits per heavy atom. The van der Waals surface area contributed by atoms with E-state index in [0.717, 1.165) is 32.5 Å². The van der Waals surface area contributed by atoms with Crippen LogP contribution in [0.2, 0.25) is 0 Å². The molecule has 1 aliphatic heterocycles. The number of rotatable bonds is 3. The SMILES string of the molecule is CC1CN(CCc2cccs2)CCC1O. The van der Waals surface area contributed by atoms with E-state index in [4.69, 9.17) is 0 Å². The maximum absolute atomic E-state index is 9.62. The molecule has 1 saturated heterocycles. The fourth-order valence-corrected chi connectivity index (χ4v) is 2.84. The number of aliphatic hydroxyl groups is 1. The van der Waals surface area contributed by atoms with E-state index in [1.807, 2.05) is 11.3 Å². The van der Waals surface area contributed by atoms with Crippen molar-refractivity contribution in [3.63, 3.8) is 0 Å². The van der Waals surface area contributed by atoms with Gasteiger partial charge in [-0.1, -0.05) is 13.0 Å². The molecule has 0 amide bonds. The minimum Gasteiger partial charge on any atom is -0.393 e. The van der Waals surface area contributed by atoms with Crippen LogP contribution < -0.4 is 0 Å². The van der Waals surface area contributed by atoms with Crippen molar-refractivity contribution in [2.75, 3.05) is 19.6 Å². The average Bonchev–Trinajstić information content (AvgIpc) is 2.73. The predicted octanol–water partition coefficient (Wildman–Crippen LogP) is 1.99. The zero-order valence-corrected chi connectivity index (χ0v) is 10.0. The van der Waals surface area contributed by atoms with Crippen molar-refractivity contribution in [1.82, 2.24) is 4.90 Å². The van der Waals surface area contributed by atoms with E-state index in [-0.39, 0.29) is 6.10 Å². The molecular formula is C12H19NOS. The number of nitrogens with zero attached hydrogens (tertiary/aromatic N) is 1. The van der Waals surface area contributed by atoms with Crippen LogP contribution in [-0.2, 0) is 6.42 Å². The Kier molecular flexibility index (Phi) is 3.78. The molecule has 3 heteroatoms. The van der Waals surface area contributed by atoms with E-state index in [1.54, 1.807) is 0 Å². The van der Waals surface area contributed by atoms with E-state index >= 15 is 0 Å². The van der Waals surface area contributed by atoms with Gasteiger partial charge in [-0.05, 0) is 30.2 Å². The highest BCUT2D eigenvalue weighted by Crippen LogP contribution is 2.17. The molecule has 0 aromatic carbocycles. The maximum atomic E-state index is 9.62. The first kappa shape index (κ1) is 11.1. The van der Waals surface area contributed by atoms with Gasteiger partial charge in [-0.2, -0.15) is 0 Å². The largest absolute Gasteiger partial charge is 0.393 e. The summed E-state index contributed by atoms with van der Waals surface area (Å²) in [6.45, 7) is 5.38. The molecule has 2 rings (SSSR count). The highest BCUT2D eigenvalue weighted by Gasteiger charge is 2.23. The third kappa shape index (κ3) is 3.03. The van der Waals surface area contributed by atoms with Gasteiger partial charge in [0.15, 0.2) is 0 Å². The second-order valence-electron chi connectivity index (χ2n) is 4.46. The fraction of sp³-hybridized carbons (Fsp3) is 0.667. The molecule has 15 heavy (non-hydrogen) atoms. The molecule has 2 nitrogen and oxygen atoms in total. The number of hydrogen-bond donors (Lipinski definition) is 1. The summed E-state index contributed by atoms with van der Waals surface area (Å²) in [5, 5.41) is 11.8. The van der Waals surface area contributed by atoms with Gasteiger partial charge in [0.25, 0.3) is 0 Å². The Morgan fingerprint density at radius 3 is 3.13 bits per heavy atom. The lowest BCUT2D eigenvalue weighted by molar-refractivity contribution is 0.0356. The summed E-state index contributed by atoms with van der Waals surface area (Å²) < 4.78 is 0. The van der Waals surface area contributed by atoms with Crippen molar-refractivity contribution in [2.24, 2.45) is 5.92 Å². The molecule has 84 valence electrons. The minimum absolute atomic E-state index is 0.0806. The van der Waals surface area contributed by atoms with Crippen LogP contribution in [0.4, 0.5) is 0 Å². The topological polar surface area (TPSA) is 23.5 Å². The zero-order valence-electron chi connectivity index (χ0n) is 9.22. The van der Waals surface area contributed by atoms with Crippen LogP contribution in [0.3, 0.4) is 0 Å². The zero-order chi connectivity index (χ0) is 10.7. The van der Waals surface area contributed by atoms with Crippen molar-refractivity contribution < 1.29 is 5.11 Å². The van der Waals surface area contributed by atoms with E-state index in [0.29, 0.717) is 5.92 Å². The first-order valence-electron chi connectivity index (χ1n) is 5.68. The highest BCUT2D eigenvalue weighted by atomic mass is 32.1. The second kappa shape index (κ2) is 5.10. The normalized spacial score (nSPS) is 28.1. The minimum atomic E-state index is -0.0806. The van der Waals surface area contributed by atoms with Gasteiger partial charge in [-0.3, -0.25) is 0 Å². The third-order valence-electron chi connectivity index (χ3n) is 3.20. The second-order valence-corrected chi connectivity index (χ2v) is 5.50. The molecule has 0 spiro atoms. The van der Waals surface area contributed by atoms with Crippen molar-refractivity contribution >= 4 is 11.3 Å². The van der Waals surface area contributed by atoms with Gasteiger partial charge in [0, 0.05) is 24.5 Å². The summed E-state index contributed by atoms with van der Waals surface area (Å²) in [6.07, 6.45) is 2.01. The lowest BCUT2D eigenvalue weighted by Crippen LogP contribution is -2.42. The Labute approximate surface area is 95.5 Å². The molecule has 1 aromatic heterocycles. The van der Waals surface area contributed by atoms with Crippen molar-refractivity contribution in [1.29, 1.82) is 0 Å². The molecule has 1 aliphatic rings. The molecule has 0 aliphatic carbocycles. The fourth-order valence-electron chi connectivity index (χ4n) is 2.15. The Bertz CT molecular complexity index is 286. The Hall–Kier alpha value is -0.380. The molecule has 1 aromatic rings. The van der Waals surface area contributed by atoms with Gasteiger partial charge < -0.3 is 10.0 Å². The average molecular weight is 225 g/mol. The van der Waals surface area contributed by atoms with Gasteiger partial charge in [-0.15, -0.1) is 11.3 Å². The summed E-state index contributed by atoms with van der Waals surface area (Å²) in [5.74, 6) is 0.432. The van der Waals surface area contributed by atoms with E-state index < -0.39 is 0 Å². The molecule has 1 fully saturated rings. The third-order valence-corrected chi connectivity index (χ3v) is 4.13. The summed E-state index contributed by atoms with van der Waals surface area (Å²) in [4.78, 5) is 3.94. The van der Waals surface area contributed by atoms with E-state index in [2.05, 4.69) is 29.3 Å². The van der Waals surface area contributed by atoms with Crippen LogP contribution in [0, 0.1) is 5.92 Å². The molecule has 0 bridgehead atoms. The molecule has 1 N–H and O–H groups in total. The summed E-state index contributed by atoms with van der Waals surface area (Å²) >= 11 is 1.84. The first-order valence-corrected chi connectivity index (χ1v) is 6.56. The summed E-state index contributed by atoms with van der Waals surface area (Å²) in [6, 6.07) is 4.31. The van der Waals surface area contributed by atoms with Crippen LogP contribution in [0.1, 0.15) is 18.2 Å². The molecule has 0 saturated carbocycles. The van der Waals surface area contributed by atoms with Crippen molar-refractivity contribution in [2.45, 2.75) is 25.9 Å². The van der Waals surface area contributed by atoms with Crippen LogP contribution in [0.5, 0.6) is 0 Å². The number of piperidine rings is 1. The standard InChI is InChI=1S/C12H19NOS/c1-10-9-13(7-5-12(10)14)6-4-11-3-2-8-15-11/h2-3,8,10,12,14H,4-7,9H2,1H3. The maximum Gasteiger partial charge on any atom is 0.0590 e. The highest BCUT2D eigenvalue weighted by molar-refractivity contribution is 7.09. The Morgan fingerprint density at radius 2 is 2.47 bits per heavy atom. The number of hydrogen-bond acceptors (Lipinski definition) is 3. The van der Waals surface area contributed by atoms with Crippen LogP contribution in [0.15, 0.2) is 17.5 Å². The van der Waals surface area contributed by atoms with Gasteiger partial charge in [0.1, 0.15) is 0 Å². The van der Waals surface area contributed by atoms with Gasteiger partial charge in [0.05, 0.1) is 6.10 Å². The summed E-state index contributed by atoms with van der Waals surface area (Å²) in [5.41, 5.74) is 0. The van der Waals surface area contributed by atoms with Crippen LogP contribution in [0.25, 0.3) is 0 Å². The van der Waals surface area contributed by atoms with E-state index in [9.17, 15) is 5.11 Å². The van der Waals surface area contributed by atoms with Gasteiger partial charge >= 0.3 is 0 Å². The number of likely N-dealkylation sites (tertiary alicyclic amines) is 1. The van der Waals surface area contributed by atoms with Gasteiger partial charge in [0.2, 0.25) is 0 Å². The molecule has 2 unspecified atom stereocenters. The summed E-state index contributed by atoms with van der Waals surface area (Å²) in [7, 11) is 0. The smallest absolute Gasteiger partial charge is 0.0590 e. The predicted molar refractivity (Wildman–Crippen MR) is 64.3 cm³/mol. The van der Waals surface area contributed by atoms with E-state index in [1.165, 1.54) is 4.88 Å². The quantitative estimate of drug-likeness (QED) is 0.850. The molecule has 2 heterocycles. The number of aliphatic hydroxyl groups excluding tert-OH is 1. The number of thiophene rings is 1. The molecule has 2 atom stereocenters. The molecule has 0 radical (unpaired) electrons. The van der Waals surface area contributed by atoms with Gasteiger partial charge in [-0.25, -0.2) is 0 Å². The lowest BCUT2D eigenvalue weighted by atomic mass is 9.97. The first-order chi connectivity index (χ1) is 7.25.